The number of likely N-dealkylation sites (tertiary alicyclic amines) is 1. The van der Waals surface area contributed by atoms with Crippen molar-refractivity contribution in [3.8, 4) is 17.2 Å². The molecule has 0 aliphatic carbocycles. The zero-order valence-corrected chi connectivity index (χ0v) is 18.8. The van der Waals surface area contributed by atoms with Crippen LogP contribution >= 0.6 is 0 Å². The van der Waals surface area contributed by atoms with Crippen molar-refractivity contribution in [2.45, 2.75) is 24.6 Å². The zero-order valence-electron chi connectivity index (χ0n) is 18.8. The van der Waals surface area contributed by atoms with Crippen LogP contribution in [0.15, 0.2) is 49.1 Å². The molecule has 4 aromatic rings. The van der Waals surface area contributed by atoms with E-state index >= 15 is 0 Å². The minimum Gasteiger partial charge on any atom is -0.364 e. The first kappa shape index (κ1) is 22.5. The molecule has 11 heteroatoms. The number of piperidine rings is 1. The molecule has 1 atom stereocenters. The van der Waals surface area contributed by atoms with Crippen molar-refractivity contribution in [1.82, 2.24) is 34.6 Å². The van der Waals surface area contributed by atoms with E-state index in [1.807, 2.05) is 24.1 Å². The van der Waals surface area contributed by atoms with E-state index in [1.54, 1.807) is 18.6 Å². The molecule has 0 radical (unpaired) electrons. The molecule has 0 saturated carbocycles. The molecule has 5 rings (SSSR count). The lowest BCUT2D eigenvalue weighted by Crippen LogP contribution is -2.53. The van der Waals surface area contributed by atoms with E-state index in [0.717, 1.165) is 12.6 Å². The number of pyridine rings is 2. The number of halogens is 3. The Labute approximate surface area is 193 Å². The maximum absolute atomic E-state index is 14.4. The third kappa shape index (κ3) is 3.74. The van der Waals surface area contributed by atoms with Crippen LogP contribution in [0.4, 0.5) is 13.2 Å². The maximum Gasteiger partial charge on any atom is 0.422 e. The van der Waals surface area contributed by atoms with Gasteiger partial charge in [0.05, 0.1) is 17.3 Å². The van der Waals surface area contributed by atoms with E-state index in [1.165, 1.54) is 23.0 Å². The fourth-order valence-electron chi connectivity index (χ4n) is 4.74. The SMILES string of the molecule is COC(c1ccc(-n2cc(-c3nc4ncccc4[nH]3)cn2)nc1)(C1CCN(C)CC1)C(F)(F)F. The Balaban J connectivity index is 1.45. The van der Waals surface area contributed by atoms with Gasteiger partial charge in [-0.25, -0.2) is 19.6 Å². The van der Waals surface area contributed by atoms with E-state index in [0.29, 0.717) is 48.8 Å². The second-order valence-electron chi connectivity index (χ2n) is 8.55. The number of aromatic nitrogens is 6. The topological polar surface area (TPSA) is 84.8 Å². The number of hydrogen-bond acceptors (Lipinski definition) is 6. The smallest absolute Gasteiger partial charge is 0.364 e. The maximum atomic E-state index is 14.4. The fraction of sp³-hybridized carbons (Fsp3) is 0.391. The number of rotatable bonds is 5. The molecule has 34 heavy (non-hydrogen) atoms. The molecule has 1 N–H and O–H groups in total. The molecule has 4 aromatic heterocycles. The van der Waals surface area contributed by atoms with Gasteiger partial charge in [-0.3, -0.25) is 0 Å². The second kappa shape index (κ2) is 8.48. The highest BCUT2D eigenvalue weighted by Gasteiger charge is 2.61. The lowest BCUT2D eigenvalue weighted by molar-refractivity contribution is -0.300. The third-order valence-electron chi connectivity index (χ3n) is 6.56. The molecule has 0 bridgehead atoms. The minimum atomic E-state index is -4.58. The van der Waals surface area contributed by atoms with Crippen LogP contribution < -0.4 is 0 Å². The van der Waals surface area contributed by atoms with Gasteiger partial charge in [0.1, 0.15) is 5.82 Å². The number of methoxy groups -OCH3 is 1. The molecule has 1 aliphatic rings. The van der Waals surface area contributed by atoms with Gasteiger partial charge in [-0.1, -0.05) is 6.07 Å². The van der Waals surface area contributed by atoms with Gasteiger partial charge < -0.3 is 14.6 Å². The summed E-state index contributed by atoms with van der Waals surface area (Å²) in [5.74, 6) is 0.286. The number of alkyl halides is 3. The predicted molar refractivity (Wildman–Crippen MR) is 119 cm³/mol. The van der Waals surface area contributed by atoms with E-state index in [2.05, 4.69) is 25.0 Å². The number of hydrogen-bond donors (Lipinski definition) is 1. The van der Waals surface area contributed by atoms with Crippen LogP contribution in [0.5, 0.6) is 0 Å². The third-order valence-corrected chi connectivity index (χ3v) is 6.56. The van der Waals surface area contributed by atoms with Crippen LogP contribution in [-0.2, 0) is 10.3 Å². The number of aromatic amines is 1. The summed E-state index contributed by atoms with van der Waals surface area (Å²) in [5.41, 5.74) is -0.321. The van der Waals surface area contributed by atoms with Crippen LogP contribution in [-0.4, -0.2) is 68.0 Å². The van der Waals surface area contributed by atoms with Gasteiger partial charge in [0.15, 0.2) is 17.1 Å². The van der Waals surface area contributed by atoms with Crippen LogP contribution in [0.25, 0.3) is 28.4 Å². The zero-order chi connectivity index (χ0) is 23.9. The van der Waals surface area contributed by atoms with E-state index in [4.69, 9.17) is 4.74 Å². The Morgan fingerprint density at radius 1 is 1.09 bits per heavy atom. The largest absolute Gasteiger partial charge is 0.422 e. The molecule has 8 nitrogen and oxygen atoms in total. The van der Waals surface area contributed by atoms with Crippen LogP contribution in [0.2, 0.25) is 0 Å². The summed E-state index contributed by atoms with van der Waals surface area (Å²) >= 11 is 0. The van der Waals surface area contributed by atoms with Crippen molar-refractivity contribution in [3.63, 3.8) is 0 Å². The Bertz CT molecular complexity index is 1240. The number of H-pyrrole nitrogens is 1. The van der Waals surface area contributed by atoms with Crippen molar-refractivity contribution in [2.75, 3.05) is 27.2 Å². The molecule has 178 valence electrons. The Morgan fingerprint density at radius 3 is 2.53 bits per heavy atom. The lowest BCUT2D eigenvalue weighted by Gasteiger charge is -2.44. The number of imidazole rings is 1. The predicted octanol–water partition coefficient (Wildman–Crippen LogP) is 3.95. The number of nitrogens with one attached hydrogen (secondary N) is 1. The molecule has 0 aromatic carbocycles. The summed E-state index contributed by atoms with van der Waals surface area (Å²) in [7, 11) is 3.04. The first-order chi connectivity index (χ1) is 16.3. The van der Waals surface area contributed by atoms with Crippen molar-refractivity contribution >= 4 is 11.2 Å². The van der Waals surface area contributed by atoms with Crippen molar-refractivity contribution in [1.29, 1.82) is 0 Å². The summed E-state index contributed by atoms with van der Waals surface area (Å²) in [4.78, 5) is 18.2. The molecule has 0 amide bonds. The molecular weight excluding hydrogens is 447 g/mol. The van der Waals surface area contributed by atoms with Gasteiger partial charge in [0, 0.05) is 37.2 Å². The monoisotopic (exact) mass is 471 g/mol. The van der Waals surface area contributed by atoms with Crippen LogP contribution in [0.1, 0.15) is 18.4 Å². The summed E-state index contributed by atoms with van der Waals surface area (Å²) in [6.45, 7) is 1.18. The van der Waals surface area contributed by atoms with Gasteiger partial charge in [-0.05, 0) is 51.2 Å². The lowest BCUT2D eigenvalue weighted by atomic mass is 9.75. The second-order valence-corrected chi connectivity index (χ2v) is 8.55. The van der Waals surface area contributed by atoms with Gasteiger partial charge in [0.25, 0.3) is 0 Å². The number of nitrogens with zero attached hydrogens (tertiary/aromatic N) is 6. The van der Waals surface area contributed by atoms with E-state index in [9.17, 15) is 13.2 Å². The Kier molecular flexibility index (Phi) is 5.61. The summed E-state index contributed by atoms with van der Waals surface area (Å²) in [6, 6.07) is 6.65. The summed E-state index contributed by atoms with van der Waals surface area (Å²) < 4.78 is 50.1. The van der Waals surface area contributed by atoms with Crippen molar-refractivity contribution in [3.05, 3.63) is 54.6 Å². The van der Waals surface area contributed by atoms with Crippen LogP contribution in [0, 0.1) is 5.92 Å². The van der Waals surface area contributed by atoms with Crippen molar-refractivity contribution < 1.29 is 17.9 Å². The average molecular weight is 471 g/mol. The Hall–Kier alpha value is -3.31. The number of ether oxygens (including phenoxy) is 1. The Morgan fingerprint density at radius 2 is 1.88 bits per heavy atom. The molecular formula is C23H24F3N7O. The summed E-state index contributed by atoms with van der Waals surface area (Å²) in [5, 5.41) is 4.31. The van der Waals surface area contributed by atoms with Crippen LogP contribution in [0.3, 0.4) is 0 Å². The minimum absolute atomic E-state index is 0.00320. The highest BCUT2D eigenvalue weighted by Crippen LogP contribution is 2.50. The fourth-order valence-corrected chi connectivity index (χ4v) is 4.74. The molecule has 1 fully saturated rings. The quantitative estimate of drug-likeness (QED) is 0.475. The van der Waals surface area contributed by atoms with Gasteiger partial charge >= 0.3 is 6.18 Å². The molecule has 0 spiro atoms. The van der Waals surface area contributed by atoms with Gasteiger partial charge in [-0.15, -0.1) is 0 Å². The molecule has 1 aliphatic heterocycles. The van der Waals surface area contributed by atoms with Gasteiger partial charge in [0.2, 0.25) is 0 Å². The molecule has 1 unspecified atom stereocenters. The molecule has 5 heterocycles. The van der Waals surface area contributed by atoms with Crippen molar-refractivity contribution in [2.24, 2.45) is 5.92 Å². The van der Waals surface area contributed by atoms with E-state index in [-0.39, 0.29) is 5.56 Å². The van der Waals surface area contributed by atoms with Gasteiger partial charge in [-0.2, -0.15) is 18.3 Å². The summed E-state index contributed by atoms with van der Waals surface area (Å²) in [6.07, 6.45) is 2.43. The first-order valence-corrected chi connectivity index (χ1v) is 10.9. The molecule has 1 saturated heterocycles. The normalized spacial score (nSPS) is 17.8. The first-order valence-electron chi connectivity index (χ1n) is 10.9. The highest BCUT2D eigenvalue weighted by atomic mass is 19.4. The standard InChI is InChI=1S/C23H24F3N7O/c1-32-10-7-16(8-11-32)22(34-2,23(24,25)26)17-5-6-19(28-13-17)33-14-15(12-29-33)20-30-18-4-3-9-27-21(18)31-20/h3-6,9,12-14,16H,7-8,10-11H2,1-2H3,(H,27,30,31). The van der Waals surface area contributed by atoms with E-state index < -0.39 is 17.7 Å². The number of fused-ring (bicyclic) bond motifs is 1. The highest BCUT2D eigenvalue weighted by molar-refractivity contribution is 5.75. The average Bonchev–Trinajstić information content (AvgIpc) is 3.48.